The van der Waals surface area contributed by atoms with Crippen LogP contribution in [0.3, 0.4) is 0 Å². The molecule has 174 valence electrons. The Labute approximate surface area is 211 Å². The summed E-state index contributed by atoms with van der Waals surface area (Å²) in [6.07, 6.45) is -0.406. The fourth-order valence-corrected chi connectivity index (χ4v) is 4.65. The van der Waals surface area contributed by atoms with Crippen molar-refractivity contribution in [2.45, 2.75) is 18.2 Å². The zero-order chi connectivity index (χ0) is 24.1. The lowest BCUT2D eigenvalue weighted by Gasteiger charge is -2.17. The van der Waals surface area contributed by atoms with Gasteiger partial charge in [-0.1, -0.05) is 53.2 Å². The van der Waals surface area contributed by atoms with Crippen LogP contribution in [0, 0.1) is 0 Å². The minimum absolute atomic E-state index is 0.127. The molecule has 0 saturated carbocycles. The Kier molecular flexibility index (Phi) is 7.77. The van der Waals surface area contributed by atoms with Gasteiger partial charge in [0.05, 0.1) is 17.9 Å². The molecule has 0 aliphatic rings. The number of halogens is 2. The van der Waals surface area contributed by atoms with Crippen LogP contribution in [0.25, 0.3) is 5.69 Å². The Morgan fingerprint density at radius 1 is 1.00 bits per heavy atom. The Balaban J connectivity index is 1.58. The standard InChI is InChI=1S/C25H21Cl2N3O3S/c1-16(33-20-11-9-19(32-2)10-12-20)24-28-29-25(30(24)18-6-4-3-5-7-18)34-15-23(31)21-13-8-17(26)14-22(21)27/h3-14,16H,15H2,1-2H3. The van der Waals surface area contributed by atoms with E-state index < -0.39 is 6.10 Å². The first-order chi connectivity index (χ1) is 16.5. The van der Waals surface area contributed by atoms with Crippen molar-refractivity contribution in [1.82, 2.24) is 14.8 Å². The van der Waals surface area contributed by atoms with E-state index in [0.29, 0.717) is 32.3 Å². The molecule has 34 heavy (non-hydrogen) atoms. The van der Waals surface area contributed by atoms with Crippen LogP contribution < -0.4 is 9.47 Å². The molecule has 0 bridgehead atoms. The molecule has 4 rings (SSSR count). The lowest BCUT2D eigenvalue weighted by atomic mass is 10.1. The van der Waals surface area contributed by atoms with Gasteiger partial charge in [0.1, 0.15) is 11.5 Å². The maximum Gasteiger partial charge on any atom is 0.196 e. The van der Waals surface area contributed by atoms with Gasteiger partial charge in [-0.25, -0.2) is 0 Å². The van der Waals surface area contributed by atoms with Crippen molar-refractivity contribution in [2.75, 3.05) is 12.9 Å². The molecule has 1 heterocycles. The van der Waals surface area contributed by atoms with Gasteiger partial charge in [0.2, 0.25) is 0 Å². The van der Waals surface area contributed by atoms with E-state index in [1.165, 1.54) is 11.8 Å². The summed E-state index contributed by atoms with van der Waals surface area (Å²) in [6, 6.07) is 21.9. The molecule has 9 heteroatoms. The van der Waals surface area contributed by atoms with E-state index in [9.17, 15) is 4.79 Å². The Morgan fingerprint density at radius 2 is 1.71 bits per heavy atom. The first-order valence-electron chi connectivity index (χ1n) is 10.4. The molecule has 1 unspecified atom stereocenters. The van der Waals surface area contributed by atoms with Crippen LogP contribution in [0.5, 0.6) is 11.5 Å². The lowest BCUT2D eigenvalue weighted by Crippen LogP contribution is -2.12. The van der Waals surface area contributed by atoms with E-state index in [2.05, 4.69) is 10.2 Å². The van der Waals surface area contributed by atoms with Crippen molar-refractivity contribution >= 4 is 40.7 Å². The number of carbonyl (C=O) groups is 1. The van der Waals surface area contributed by atoms with Gasteiger partial charge in [-0.3, -0.25) is 9.36 Å². The maximum atomic E-state index is 12.8. The smallest absolute Gasteiger partial charge is 0.196 e. The van der Waals surface area contributed by atoms with Crippen molar-refractivity contribution in [3.05, 3.63) is 94.2 Å². The number of hydrogen-bond donors (Lipinski definition) is 0. The highest BCUT2D eigenvalue weighted by Gasteiger charge is 2.22. The maximum absolute atomic E-state index is 12.8. The zero-order valence-corrected chi connectivity index (χ0v) is 20.8. The number of benzene rings is 3. The molecular formula is C25H21Cl2N3O3S. The Bertz CT molecular complexity index is 1280. The fourth-order valence-electron chi connectivity index (χ4n) is 3.29. The van der Waals surface area contributed by atoms with Gasteiger partial charge in [-0.15, -0.1) is 10.2 Å². The van der Waals surface area contributed by atoms with Gasteiger partial charge in [0.15, 0.2) is 22.9 Å². The van der Waals surface area contributed by atoms with Crippen LogP contribution in [0.4, 0.5) is 0 Å². The van der Waals surface area contributed by atoms with Crippen LogP contribution >= 0.6 is 35.0 Å². The number of methoxy groups -OCH3 is 1. The average Bonchev–Trinajstić information content (AvgIpc) is 3.28. The summed E-state index contributed by atoms with van der Waals surface area (Å²) >= 11 is 13.4. The first kappa shape index (κ1) is 24.1. The van der Waals surface area contributed by atoms with E-state index >= 15 is 0 Å². The highest BCUT2D eigenvalue weighted by molar-refractivity contribution is 7.99. The van der Waals surface area contributed by atoms with Crippen molar-refractivity contribution < 1.29 is 14.3 Å². The normalized spacial score (nSPS) is 11.8. The number of para-hydroxylation sites is 1. The molecule has 0 amide bonds. The number of carbonyl (C=O) groups excluding carboxylic acids is 1. The number of ether oxygens (including phenoxy) is 2. The molecule has 3 aromatic carbocycles. The van der Waals surface area contributed by atoms with E-state index in [1.54, 1.807) is 25.3 Å². The third-order valence-corrected chi connectivity index (χ3v) is 6.45. The fraction of sp³-hybridized carbons (Fsp3) is 0.160. The second kappa shape index (κ2) is 11.0. The minimum atomic E-state index is -0.406. The van der Waals surface area contributed by atoms with Gasteiger partial charge < -0.3 is 9.47 Å². The molecule has 0 aliphatic heterocycles. The SMILES string of the molecule is COc1ccc(OC(C)c2nnc(SCC(=O)c3ccc(Cl)cc3Cl)n2-c2ccccc2)cc1. The number of ketones is 1. The van der Waals surface area contributed by atoms with Crippen LogP contribution in [0.15, 0.2) is 78.0 Å². The zero-order valence-electron chi connectivity index (χ0n) is 18.4. The van der Waals surface area contributed by atoms with Crippen LogP contribution in [-0.2, 0) is 0 Å². The number of aromatic nitrogens is 3. The van der Waals surface area contributed by atoms with Gasteiger partial charge in [-0.2, -0.15) is 0 Å². The number of thioether (sulfide) groups is 1. The molecule has 0 aliphatic carbocycles. The van der Waals surface area contributed by atoms with Gasteiger partial charge in [-0.05, 0) is 61.5 Å². The second-order valence-corrected chi connectivity index (χ2v) is 9.07. The van der Waals surface area contributed by atoms with Gasteiger partial charge >= 0.3 is 0 Å². The topological polar surface area (TPSA) is 66.2 Å². The summed E-state index contributed by atoms with van der Waals surface area (Å²) in [4.78, 5) is 12.8. The Hall–Kier alpha value is -3.00. The number of hydrogen-bond acceptors (Lipinski definition) is 6. The summed E-state index contributed by atoms with van der Waals surface area (Å²) < 4.78 is 13.2. The van der Waals surface area contributed by atoms with Crippen molar-refractivity contribution in [1.29, 1.82) is 0 Å². The number of Topliss-reactive ketones (excluding diaryl/α,β-unsaturated/α-hetero) is 1. The highest BCUT2D eigenvalue weighted by atomic mass is 35.5. The van der Waals surface area contributed by atoms with Gasteiger partial charge in [0.25, 0.3) is 0 Å². The quantitative estimate of drug-likeness (QED) is 0.183. The molecule has 0 fully saturated rings. The summed E-state index contributed by atoms with van der Waals surface area (Å²) in [6.45, 7) is 1.90. The summed E-state index contributed by atoms with van der Waals surface area (Å²) in [7, 11) is 1.62. The molecule has 0 N–H and O–H groups in total. The predicted octanol–water partition coefficient (Wildman–Crippen LogP) is 6.70. The monoisotopic (exact) mass is 513 g/mol. The molecule has 0 radical (unpaired) electrons. The average molecular weight is 514 g/mol. The molecular weight excluding hydrogens is 493 g/mol. The molecule has 4 aromatic rings. The number of nitrogens with zero attached hydrogens (tertiary/aromatic N) is 3. The molecule has 6 nitrogen and oxygen atoms in total. The third-order valence-electron chi connectivity index (χ3n) is 4.97. The second-order valence-electron chi connectivity index (χ2n) is 7.28. The Morgan fingerprint density at radius 3 is 2.38 bits per heavy atom. The molecule has 1 atom stereocenters. The third kappa shape index (κ3) is 5.55. The van der Waals surface area contributed by atoms with Crippen LogP contribution in [0.1, 0.15) is 29.2 Å². The van der Waals surface area contributed by atoms with E-state index in [-0.39, 0.29) is 11.5 Å². The predicted molar refractivity (Wildman–Crippen MR) is 135 cm³/mol. The lowest BCUT2D eigenvalue weighted by molar-refractivity contribution is 0.102. The van der Waals surface area contributed by atoms with E-state index in [0.717, 1.165) is 11.4 Å². The van der Waals surface area contributed by atoms with E-state index in [1.807, 2.05) is 66.1 Å². The highest BCUT2D eigenvalue weighted by Crippen LogP contribution is 2.30. The van der Waals surface area contributed by atoms with Crippen molar-refractivity contribution in [3.8, 4) is 17.2 Å². The first-order valence-corrected chi connectivity index (χ1v) is 12.1. The van der Waals surface area contributed by atoms with Crippen molar-refractivity contribution in [2.24, 2.45) is 0 Å². The summed E-state index contributed by atoms with van der Waals surface area (Å²) in [5.74, 6) is 2.05. The number of rotatable bonds is 9. The van der Waals surface area contributed by atoms with Crippen LogP contribution in [-0.4, -0.2) is 33.4 Å². The van der Waals surface area contributed by atoms with Crippen molar-refractivity contribution in [3.63, 3.8) is 0 Å². The molecule has 1 aromatic heterocycles. The molecule has 0 spiro atoms. The van der Waals surface area contributed by atoms with Gasteiger partial charge in [0, 0.05) is 16.3 Å². The summed E-state index contributed by atoms with van der Waals surface area (Å²) in [5.41, 5.74) is 1.29. The summed E-state index contributed by atoms with van der Waals surface area (Å²) in [5, 5.41) is 10.1. The molecule has 0 saturated heterocycles. The largest absolute Gasteiger partial charge is 0.497 e. The van der Waals surface area contributed by atoms with E-state index in [4.69, 9.17) is 32.7 Å². The minimum Gasteiger partial charge on any atom is -0.497 e. The van der Waals surface area contributed by atoms with Crippen LogP contribution in [0.2, 0.25) is 10.0 Å².